The zero-order valence-electron chi connectivity index (χ0n) is 41.0. The fraction of sp³-hybridized carbons (Fsp3) is 0.0938. The number of hydrogen-bond donors (Lipinski definition) is 0. The van der Waals surface area contributed by atoms with Crippen LogP contribution in [0.3, 0.4) is 0 Å². The largest absolute Gasteiger partial charge is 0.628 e. The summed E-state index contributed by atoms with van der Waals surface area (Å²) < 4.78 is 0. The second kappa shape index (κ2) is 23.5. The first-order valence-corrected chi connectivity index (χ1v) is 23.8. The SMILES string of the molecule is CC(C)=O.CC(C)=O.[Zn].c1ccc(CN(Cc2ccccc2)c2ccccc2[C+]2c3ccc([n-]3)[C+](c3ccccc3)c3ccc([n-]3)[C+](c3ccccc3)c3ccc([n-]3)[C+](c3ccccc3)c3ccc2[n-]3)cc1. The van der Waals surface area contributed by atoms with E-state index in [4.69, 9.17) is 19.9 Å². The topological polar surface area (TPSA) is 93.8 Å². The fourth-order valence-electron chi connectivity index (χ4n) is 8.86. The first-order chi connectivity index (χ1) is 34.7. The van der Waals surface area contributed by atoms with Crippen LogP contribution in [-0.4, -0.2) is 11.6 Å². The molecule has 0 atom stereocenters. The van der Waals surface area contributed by atoms with E-state index in [2.05, 4.69) is 211 Å². The average Bonchev–Trinajstić information content (AvgIpc) is 4.24. The molecule has 0 N–H and O–H groups in total. The Morgan fingerprint density at radius 1 is 0.333 bits per heavy atom. The van der Waals surface area contributed by atoms with Crippen molar-refractivity contribution in [2.45, 2.75) is 40.8 Å². The zero-order chi connectivity index (χ0) is 49.1. The number of carbonyl (C=O) groups is 2. The molecule has 348 valence electrons. The van der Waals surface area contributed by atoms with Gasteiger partial charge in [0.15, 0.2) is 0 Å². The van der Waals surface area contributed by atoms with E-state index >= 15 is 0 Å². The molecule has 0 saturated carbocycles. The monoisotopic (exact) mass is 987 g/mol. The summed E-state index contributed by atoms with van der Waals surface area (Å²) in [6, 6.07) is 78.5. The predicted molar refractivity (Wildman–Crippen MR) is 282 cm³/mol. The summed E-state index contributed by atoms with van der Waals surface area (Å²) in [7, 11) is 0. The van der Waals surface area contributed by atoms with E-state index in [-0.39, 0.29) is 31.0 Å². The maximum Gasteiger partial charge on any atom is 0.126 e. The van der Waals surface area contributed by atoms with E-state index < -0.39 is 0 Å². The molecular formula is C64H53N5O2Zn. The Balaban J connectivity index is 0.000000720. The molecule has 0 unspecified atom stereocenters. The van der Waals surface area contributed by atoms with Crippen molar-refractivity contribution in [3.8, 4) is 0 Å². The van der Waals surface area contributed by atoms with Gasteiger partial charge in [0.2, 0.25) is 0 Å². The van der Waals surface area contributed by atoms with Gasteiger partial charge >= 0.3 is 0 Å². The van der Waals surface area contributed by atoms with Crippen molar-refractivity contribution >= 4 is 17.3 Å². The minimum Gasteiger partial charge on any atom is -0.628 e. The summed E-state index contributed by atoms with van der Waals surface area (Å²) in [5, 5.41) is 0. The van der Waals surface area contributed by atoms with Crippen LogP contribution in [0.2, 0.25) is 0 Å². The van der Waals surface area contributed by atoms with Gasteiger partial charge < -0.3 is 34.4 Å². The van der Waals surface area contributed by atoms with E-state index in [9.17, 15) is 9.59 Å². The van der Waals surface area contributed by atoms with E-state index in [1.54, 1.807) is 0 Å². The minimum absolute atomic E-state index is 0. The molecule has 8 bridgehead atoms. The number of nitrogens with zero attached hydrogens (tertiary/aromatic N) is 5. The molecule has 4 aromatic heterocycles. The molecule has 0 amide bonds. The Labute approximate surface area is 436 Å². The van der Waals surface area contributed by atoms with Crippen molar-refractivity contribution in [2.24, 2.45) is 0 Å². The number of benzene rings is 6. The van der Waals surface area contributed by atoms with Gasteiger partial charge in [-0.3, -0.25) is 0 Å². The number of ketones is 2. The predicted octanol–water partition coefficient (Wildman–Crippen LogP) is 12.3. The summed E-state index contributed by atoms with van der Waals surface area (Å²) in [4.78, 5) is 43.3. The molecule has 8 heteroatoms. The van der Waals surface area contributed by atoms with Gasteiger partial charge in [0, 0.05) is 134 Å². The number of fused-ring (bicyclic) bond motifs is 8. The van der Waals surface area contributed by atoms with E-state index in [1.165, 1.54) is 38.8 Å². The second-order valence-electron chi connectivity index (χ2n) is 17.6. The Hall–Kier alpha value is -8.32. The molecule has 0 spiro atoms. The third-order valence-corrected chi connectivity index (χ3v) is 11.7. The number of hydrogen-bond acceptors (Lipinski definition) is 3. The quantitative estimate of drug-likeness (QED) is 0.105. The zero-order valence-corrected chi connectivity index (χ0v) is 44.0. The van der Waals surface area contributed by atoms with Crippen molar-refractivity contribution in [1.82, 2.24) is 19.9 Å². The number of rotatable bonds is 9. The van der Waals surface area contributed by atoms with Gasteiger partial charge in [-0.15, -0.1) is 0 Å². The Morgan fingerprint density at radius 2 is 0.569 bits per heavy atom. The number of anilines is 1. The molecule has 72 heavy (non-hydrogen) atoms. The van der Waals surface area contributed by atoms with Gasteiger partial charge in [-0.25, -0.2) is 0 Å². The Morgan fingerprint density at radius 3 is 0.861 bits per heavy atom. The van der Waals surface area contributed by atoms with Gasteiger partial charge in [-0.1, -0.05) is 60.7 Å². The maximum absolute atomic E-state index is 9.44. The van der Waals surface area contributed by atoms with Crippen LogP contribution in [-0.2, 0) is 42.2 Å². The third-order valence-electron chi connectivity index (χ3n) is 11.7. The van der Waals surface area contributed by atoms with Crippen LogP contribution < -0.4 is 24.8 Å². The van der Waals surface area contributed by atoms with E-state index in [0.29, 0.717) is 0 Å². The van der Waals surface area contributed by atoms with Crippen LogP contribution in [0.1, 0.15) is 107 Å². The standard InChI is InChI=1S/C58H41N5.2C3H6O.Zn/c1-6-18-40(19-7-1)38-63(39-41-20-8-2-9-21-41)54-29-17-16-28-45(54)58-52-36-34-50(61-52)56(43-24-12-4-13-25-43)48-32-30-46(59-48)55(42-22-10-3-11-23-42)47-31-33-49(60-47)57(44-26-14-5-15-27-44)51-35-37-53(58)62-51;2*1-3(2)4;/h1-37H,38-39H2;2*1-2H3;. The molecule has 0 saturated heterocycles. The number of Topliss-reactive ketones (excluding diaryl/α,β-unsaturated/α-hetero) is 2. The Kier molecular flexibility index (Phi) is 16.4. The molecule has 5 heterocycles. The molecule has 6 aromatic carbocycles. The van der Waals surface area contributed by atoms with Crippen molar-refractivity contribution in [2.75, 3.05) is 4.90 Å². The molecule has 0 aliphatic carbocycles. The molecule has 0 fully saturated rings. The summed E-state index contributed by atoms with van der Waals surface area (Å²) in [5.41, 5.74) is 14.5. The molecule has 7 nitrogen and oxygen atoms in total. The minimum atomic E-state index is 0. The number of carbonyl (C=O) groups excluding carboxylic acids is 2. The first kappa shape index (κ1) is 50.1. The van der Waals surface area contributed by atoms with Gasteiger partial charge in [-0.2, -0.15) is 0 Å². The maximum atomic E-state index is 9.44. The van der Waals surface area contributed by atoms with Crippen molar-refractivity contribution in [3.63, 3.8) is 0 Å². The van der Waals surface area contributed by atoms with Crippen LogP contribution in [0.5, 0.6) is 0 Å². The van der Waals surface area contributed by atoms with Crippen LogP contribution in [0, 0.1) is 23.7 Å². The summed E-state index contributed by atoms with van der Waals surface area (Å²) in [6.07, 6.45) is 0. The molecular weight excluding hydrogens is 936 g/mol. The van der Waals surface area contributed by atoms with Crippen LogP contribution in [0.4, 0.5) is 5.69 Å². The van der Waals surface area contributed by atoms with Gasteiger partial charge in [0.05, 0.1) is 29.8 Å². The van der Waals surface area contributed by atoms with E-state index in [0.717, 1.165) is 110 Å². The fourth-order valence-corrected chi connectivity index (χ4v) is 8.86. The van der Waals surface area contributed by atoms with Crippen LogP contribution in [0.15, 0.2) is 224 Å². The first-order valence-electron chi connectivity index (χ1n) is 23.8. The Bertz CT molecular complexity index is 3080. The molecule has 1 aliphatic rings. The molecule has 10 aromatic rings. The molecule has 1 aliphatic heterocycles. The second-order valence-corrected chi connectivity index (χ2v) is 17.6. The van der Waals surface area contributed by atoms with Crippen molar-refractivity contribution < 1.29 is 29.1 Å². The van der Waals surface area contributed by atoms with Gasteiger partial charge in [0.25, 0.3) is 0 Å². The van der Waals surface area contributed by atoms with Crippen LogP contribution >= 0.6 is 0 Å². The number of aromatic nitrogens is 4. The summed E-state index contributed by atoms with van der Waals surface area (Å²) in [5.74, 6) is 4.17. The molecule has 0 radical (unpaired) electrons. The van der Waals surface area contributed by atoms with Gasteiger partial charge in [0.1, 0.15) is 22.8 Å². The van der Waals surface area contributed by atoms with Crippen LogP contribution in [0.25, 0.3) is 0 Å². The smallest absolute Gasteiger partial charge is 0.126 e. The summed E-state index contributed by atoms with van der Waals surface area (Å²) in [6.45, 7) is 7.55. The van der Waals surface area contributed by atoms with Gasteiger partial charge in [-0.05, 0) is 157 Å². The van der Waals surface area contributed by atoms with Crippen molar-refractivity contribution in [3.05, 3.63) is 327 Å². The number of para-hydroxylation sites is 1. The average molecular weight is 990 g/mol. The van der Waals surface area contributed by atoms with E-state index in [1.807, 2.05) is 18.2 Å². The molecule has 11 rings (SSSR count). The normalized spacial score (nSPS) is 11.6. The van der Waals surface area contributed by atoms with Crippen molar-refractivity contribution in [1.29, 1.82) is 0 Å². The summed E-state index contributed by atoms with van der Waals surface area (Å²) >= 11 is 0. The third kappa shape index (κ3) is 11.8.